The number of anilines is 1. The molecular formula is C21H26F3N5O2. The number of amides is 3. The molecule has 1 spiro atoms. The van der Waals surface area contributed by atoms with Crippen molar-refractivity contribution in [2.75, 3.05) is 52.2 Å². The largest absolute Gasteiger partial charge is 0.417 e. The number of nitrogens with one attached hydrogen (secondary N) is 1. The lowest BCUT2D eigenvalue weighted by atomic mass is 9.70. The van der Waals surface area contributed by atoms with E-state index in [0.717, 1.165) is 6.07 Å². The van der Waals surface area contributed by atoms with Crippen LogP contribution in [0.1, 0.15) is 24.0 Å². The van der Waals surface area contributed by atoms with Gasteiger partial charge in [0.1, 0.15) is 0 Å². The van der Waals surface area contributed by atoms with Crippen LogP contribution in [0.15, 0.2) is 18.2 Å². The van der Waals surface area contributed by atoms with Gasteiger partial charge in [-0.1, -0.05) is 0 Å². The van der Waals surface area contributed by atoms with E-state index in [4.69, 9.17) is 5.26 Å². The number of halogens is 3. The lowest BCUT2D eigenvalue weighted by molar-refractivity contribution is -0.137. The number of carbonyl (C=O) groups excluding carboxylic acids is 2. The Bertz CT molecular complexity index is 901. The monoisotopic (exact) mass is 437 g/mol. The van der Waals surface area contributed by atoms with Gasteiger partial charge in [-0.15, -0.1) is 0 Å². The topological polar surface area (TPSA) is 79.7 Å². The molecule has 1 N–H and O–H groups in total. The molecule has 0 aliphatic carbocycles. The molecule has 2 saturated heterocycles. The van der Waals surface area contributed by atoms with E-state index in [0.29, 0.717) is 44.7 Å². The summed E-state index contributed by atoms with van der Waals surface area (Å²) >= 11 is 0. The van der Waals surface area contributed by atoms with E-state index in [9.17, 15) is 22.8 Å². The Balaban J connectivity index is 1.82. The molecule has 168 valence electrons. The summed E-state index contributed by atoms with van der Waals surface area (Å²) in [6.45, 7) is 1.68. The Morgan fingerprint density at radius 1 is 1.26 bits per heavy atom. The summed E-state index contributed by atoms with van der Waals surface area (Å²) in [5, 5.41) is 11.7. The number of hydrogen-bond donors (Lipinski definition) is 1. The van der Waals surface area contributed by atoms with Crippen LogP contribution in [0.4, 0.5) is 23.7 Å². The normalized spacial score (nSPS) is 20.5. The lowest BCUT2D eigenvalue weighted by Gasteiger charge is -2.43. The van der Waals surface area contributed by atoms with Crippen molar-refractivity contribution in [2.24, 2.45) is 11.3 Å². The molecule has 2 heterocycles. The minimum atomic E-state index is -4.61. The first kappa shape index (κ1) is 22.7. The van der Waals surface area contributed by atoms with E-state index in [1.54, 1.807) is 32.1 Å². The molecule has 3 amide bonds. The number of piperidine rings is 1. The van der Waals surface area contributed by atoms with Crippen LogP contribution in [0.2, 0.25) is 0 Å². The standard InChI is InChI=1S/C21H26F3N5O2/c1-26-18(30)17-12-29(19(31)27(2)3)13-20(17)6-8-28(9-7-20)15-5-4-14(11-25)16(10-15)21(22,23)24/h4-5,10,17H,6-9,12-13H2,1-3H3,(H,26,30). The van der Waals surface area contributed by atoms with Crippen LogP contribution in [0.5, 0.6) is 0 Å². The van der Waals surface area contributed by atoms with E-state index < -0.39 is 22.7 Å². The molecule has 10 heteroatoms. The molecule has 1 unspecified atom stereocenters. The second-order valence-electron chi connectivity index (χ2n) is 8.41. The molecule has 0 aromatic heterocycles. The predicted molar refractivity (Wildman–Crippen MR) is 108 cm³/mol. The molecule has 0 bridgehead atoms. The number of rotatable bonds is 2. The Labute approximate surface area is 179 Å². The molecular weight excluding hydrogens is 411 g/mol. The lowest BCUT2D eigenvalue weighted by Crippen LogP contribution is -2.48. The zero-order valence-corrected chi connectivity index (χ0v) is 17.8. The summed E-state index contributed by atoms with van der Waals surface area (Å²) in [5.74, 6) is -0.490. The van der Waals surface area contributed by atoms with Gasteiger partial charge in [0.25, 0.3) is 0 Å². The third-order valence-corrected chi connectivity index (χ3v) is 6.42. The van der Waals surface area contributed by atoms with Crippen molar-refractivity contribution in [3.63, 3.8) is 0 Å². The molecule has 2 fully saturated rings. The zero-order chi connectivity index (χ0) is 23.0. The van der Waals surface area contributed by atoms with Crippen LogP contribution in [0, 0.1) is 22.7 Å². The van der Waals surface area contributed by atoms with Crippen molar-refractivity contribution < 1.29 is 22.8 Å². The van der Waals surface area contributed by atoms with Crippen molar-refractivity contribution in [1.29, 1.82) is 5.26 Å². The van der Waals surface area contributed by atoms with Gasteiger partial charge in [-0.25, -0.2) is 4.79 Å². The SMILES string of the molecule is CNC(=O)C1CN(C(=O)N(C)C)CC12CCN(c1ccc(C#N)c(C(F)(F)F)c1)CC2. The van der Waals surface area contributed by atoms with Gasteiger partial charge in [0.2, 0.25) is 5.91 Å². The van der Waals surface area contributed by atoms with E-state index in [1.807, 2.05) is 4.90 Å². The zero-order valence-electron chi connectivity index (χ0n) is 17.8. The molecule has 31 heavy (non-hydrogen) atoms. The van der Waals surface area contributed by atoms with Crippen LogP contribution in [-0.2, 0) is 11.0 Å². The van der Waals surface area contributed by atoms with Gasteiger partial charge in [0, 0.05) is 58.4 Å². The predicted octanol–water partition coefficient (Wildman–Crippen LogP) is 2.52. The van der Waals surface area contributed by atoms with E-state index in [1.165, 1.54) is 17.0 Å². The Kier molecular flexibility index (Phi) is 6.07. The van der Waals surface area contributed by atoms with Gasteiger partial charge in [0.15, 0.2) is 0 Å². The second-order valence-corrected chi connectivity index (χ2v) is 8.41. The number of likely N-dealkylation sites (tertiary alicyclic amines) is 1. The van der Waals surface area contributed by atoms with Crippen LogP contribution in [-0.4, -0.2) is 69.1 Å². The van der Waals surface area contributed by atoms with E-state index in [2.05, 4.69) is 5.32 Å². The second kappa shape index (κ2) is 8.29. The summed E-state index contributed by atoms with van der Waals surface area (Å²) in [7, 11) is 4.89. The highest BCUT2D eigenvalue weighted by atomic mass is 19.4. The highest BCUT2D eigenvalue weighted by Crippen LogP contribution is 2.46. The highest BCUT2D eigenvalue weighted by Gasteiger charge is 2.52. The fourth-order valence-electron chi connectivity index (χ4n) is 4.71. The van der Waals surface area contributed by atoms with Crippen LogP contribution in [0.3, 0.4) is 0 Å². The van der Waals surface area contributed by atoms with Gasteiger partial charge in [-0.3, -0.25) is 4.79 Å². The van der Waals surface area contributed by atoms with Gasteiger partial charge in [-0.05, 0) is 31.0 Å². The van der Waals surface area contributed by atoms with Crippen molar-refractivity contribution in [3.8, 4) is 6.07 Å². The van der Waals surface area contributed by atoms with Crippen molar-refractivity contribution >= 4 is 17.6 Å². The summed E-state index contributed by atoms with van der Waals surface area (Å²) < 4.78 is 40.0. The van der Waals surface area contributed by atoms with Gasteiger partial charge in [0.05, 0.1) is 23.1 Å². The first-order valence-electron chi connectivity index (χ1n) is 10.1. The van der Waals surface area contributed by atoms with Crippen LogP contribution in [0.25, 0.3) is 0 Å². The first-order valence-corrected chi connectivity index (χ1v) is 10.1. The first-order chi connectivity index (χ1) is 14.5. The fourth-order valence-corrected chi connectivity index (χ4v) is 4.71. The Morgan fingerprint density at radius 3 is 2.42 bits per heavy atom. The van der Waals surface area contributed by atoms with Gasteiger partial charge in [-0.2, -0.15) is 18.4 Å². The molecule has 1 aromatic rings. The third kappa shape index (κ3) is 4.27. The number of hydrogen-bond acceptors (Lipinski definition) is 4. The third-order valence-electron chi connectivity index (χ3n) is 6.42. The van der Waals surface area contributed by atoms with Crippen molar-refractivity contribution in [3.05, 3.63) is 29.3 Å². The molecule has 2 aliphatic heterocycles. The van der Waals surface area contributed by atoms with Gasteiger partial charge < -0.3 is 20.0 Å². The van der Waals surface area contributed by atoms with E-state index >= 15 is 0 Å². The van der Waals surface area contributed by atoms with Crippen molar-refractivity contribution in [2.45, 2.75) is 19.0 Å². The summed E-state index contributed by atoms with van der Waals surface area (Å²) in [5.41, 5.74) is -1.36. The van der Waals surface area contributed by atoms with Gasteiger partial charge >= 0.3 is 12.2 Å². The molecule has 1 atom stereocenters. The maximum Gasteiger partial charge on any atom is 0.417 e. The maximum absolute atomic E-state index is 13.3. The number of alkyl halides is 3. The average Bonchev–Trinajstić information content (AvgIpc) is 3.10. The molecule has 3 rings (SSSR count). The Morgan fingerprint density at radius 2 is 1.90 bits per heavy atom. The average molecular weight is 437 g/mol. The maximum atomic E-state index is 13.3. The number of nitriles is 1. The molecule has 1 aromatic carbocycles. The van der Waals surface area contributed by atoms with Crippen molar-refractivity contribution in [1.82, 2.24) is 15.1 Å². The molecule has 7 nitrogen and oxygen atoms in total. The smallest absolute Gasteiger partial charge is 0.371 e. The molecule has 2 aliphatic rings. The minimum Gasteiger partial charge on any atom is -0.371 e. The summed E-state index contributed by atoms with van der Waals surface area (Å²) in [6.07, 6.45) is -3.46. The van der Waals surface area contributed by atoms with Crippen LogP contribution >= 0.6 is 0 Å². The Hall–Kier alpha value is -2.96. The molecule has 0 radical (unpaired) electrons. The number of benzene rings is 1. The quantitative estimate of drug-likeness (QED) is 0.771. The summed E-state index contributed by atoms with van der Waals surface area (Å²) in [6, 6.07) is 5.18. The fraction of sp³-hybridized carbons (Fsp3) is 0.571. The highest BCUT2D eigenvalue weighted by molar-refractivity contribution is 5.82. The minimum absolute atomic E-state index is 0.125. The number of carbonyl (C=O) groups is 2. The summed E-state index contributed by atoms with van der Waals surface area (Å²) in [4.78, 5) is 30.1. The number of urea groups is 1. The molecule has 0 saturated carbocycles. The van der Waals surface area contributed by atoms with E-state index in [-0.39, 0.29) is 17.9 Å². The number of nitrogens with zero attached hydrogens (tertiary/aromatic N) is 4. The van der Waals surface area contributed by atoms with Crippen LogP contribution < -0.4 is 10.2 Å².